The molecule has 0 bridgehead atoms. The predicted octanol–water partition coefficient (Wildman–Crippen LogP) is 7.56. The summed E-state index contributed by atoms with van der Waals surface area (Å²) < 4.78 is 44.8. The van der Waals surface area contributed by atoms with Gasteiger partial charge in [-0.3, -0.25) is 4.79 Å². The Morgan fingerprint density at radius 1 is 1.00 bits per heavy atom. The zero-order valence-electron chi connectivity index (χ0n) is 22.0. The molecule has 1 aromatic heterocycles. The van der Waals surface area contributed by atoms with Crippen LogP contribution in [-0.2, 0) is 22.1 Å². The number of aromatic nitrogens is 1. The van der Waals surface area contributed by atoms with Gasteiger partial charge >= 0.3 is 12.1 Å². The fourth-order valence-corrected chi connectivity index (χ4v) is 5.01. The Kier molecular flexibility index (Phi) is 7.43. The molecule has 0 radical (unpaired) electrons. The van der Waals surface area contributed by atoms with Crippen LogP contribution < -0.4 is 5.32 Å². The average Bonchev–Trinajstić information content (AvgIpc) is 2.92. The van der Waals surface area contributed by atoms with Gasteiger partial charge in [0.05, 0.1) is 22.3 Å². The first-order chi connectivity index (χ1) is 19.1. The molecule has 5 rings (SSSR count). The first-order valence-electron chi connectivity index (χ1n) is 13.0. The Labute approximate surface area is 229 Å². The fraction of sp³-hybridized carbons (Fsp3) is 0.219. The van der Waals surface area contributed by atoms with E-state index in [4.69, 9.17) is 9.72 Å². The molecule has 1 aliphatic rings. The normalized spacial score (nSPS) is 16.8. The number of para-hydroxylation sites is 1. The molecule has 0 fully saturated rings. The molecule has 5 nitrogen and oxygen atoms in total. The van der Waals surface area contributed by atoms with Crippen molar-refractivity contribution < 1.29 is 27.5 Å². The summed E-state index contributed by atoms with van der Waals surface area (Å²) in [5, 5.41) is 3.03. The Morgan fingerprint density at radius 3 is 2.48 bits per heavy atom. The van der Waals surface area contributed by atoms with Crippen LogP contribution >= 0.6 is 0 Å². The topological polar surface area (TPSA) is 68.3 Å². The third-order valence-corrected chi connectivity index (χ3v) is 6.87. The van der Waals surface area contributed by atoms with Crippen molar-refractivity contribution in [3.05, 3.63) is 107 Å². The highest BCUT2D eigenvalue weighted by molar-refractivity contribution is 6.07. The highest BCUT2D eigenvalue weighted by Crippen LogP contribution is 2.39. The van der Waals surface area contributed by atoms with E-state index in [-0.39, 0.29) is 11.6 Å². The second-order valence-corrected chi connectivity index (χ2v) is 10.0. The number of anilines is 1. The Bertz CT molecular complexity index is 1610. The Hall–Kier alpha value is -4.46. The number of esters is 1. The molecule has 0 spiro atoms. The Morgan fingerprint density at radius 2 is 1.73 bits per heavy atom. The molecule has 1 heterocycles. The van der Waals surface area contributed by atoms with E-state index in [0.29, 0.717) is 22.9 Å². The van der Waals surface area contributed by atoms with Gasteiger partial charge in [-0.2, -0.15) is 13.2 Å². The molecular weight excluding hydrogens is 517 g/mol. The number of benzene rings is 3. The summed E-state index contributed by atoms with van der Waals surface area (Å²) >= 11 is 0. The van der Waals surface area contributed by atoms with Crippen molar-refractivity contribution in [3.8, 4) is 0 Å². The van der Waals surface area contributed by atoms with E-state index in [1.54, 1.807) is 6.07 Å². The largest absolute Gasteiger partial charge is 0.449 e. The Balaban J connectivity index is 1.47. The molecule has 204 valence electrons. The summed E-state index contributed by atoms with van der Waals surface area (Å²) in [5.74, 6) is -1.19. The van der Waals surface area contributed by atoms with E-state index in [0.717, 1.165) is 40.9 Å². The van der Waals surface area contributed by atoms with Crippen molar-refractivity contribution in [1.29, 1.82) is 0 Å². The number of hydrogen-bond donors (Lipinski definition) is 1. The molecule has 1 N–H and O–H groups in total. The van der Waals surface area contributed by atoms with Gasteiger partial charge in [-0.05, 0) is 72.7 Å². The summed E-state index contributed by atoms with van der Waals surface area (Å²) in [4.78, 5) is 31.4. The third kappa shape index (κ3) is 5.76. The number of nitrogens with one attached hydrogen (secondary N) is 1. The molecule has 4 aromatic rings. The van der Waals surface area contributed by atoms with Crippen LogP contribution in [0.25, 0.3) is 22.6 Å². The standard InChI is InChI=1S/C32H27F3N2O3/c1-19-15-22(17-21-9-4-3-5-10-21)29-26(16-19)28(25-13-6-7-14-27(25)37-29)31(39)40-20(2)30(38)36-24-12-8-11-23(18-24)32(33,34)35/h3-14,17-20H,15-16H2,1-2H3,(H,36,38)/b22-17+/t19-,20-/m1/s1. The fourth-order valence-electron chi connectivity index (χ4n) is 5.01. The molecule has 0 saturated heterocycles. The molecule has 1 aliphatic carbocycles. The number of alkyl halides is 3. The molecule has 40 heavy (non-hydrogen) atoms. The van der Waals surface area contributed by atoms with E-state index >= 15 is 0 Å². The van der Waals surface area contributed by atoms with Crippen LogP contribution in [0.15, 0.2) is 78.9 Å². The van der Waals surface area contributed by atoms with Gasteiger partial charge in [0.1, 0.15) is 0 Å². The smallest absolute Gasteiger partial charge is 0.416 e. The number of fused-ring (bicyclic) bond motifs is 2. The minimum atomic E-state index is -4.55. The number of halogens is 3. The van der Waals surface area contributed by atoms with Gasteiger partial charge in [-0.15, -0.1) is 0 Å². The number of hydrogen-bond acceptors (Lipinski definition) is 4. The number of pyridine rings is 1. The molecule has 8 heteroatoms. The number of carbonyl (C=O) groups is 2. The van der Waals surface area contributed by atoms with Crippen molar-refractivity contribution >= 4 is 40.1 Å². The summed E-state index contributed by atoms with van der Waals surface area (Å²) in [6, 6.07) is 21.5. The van der Waals surface area contributed by atoms with Gasteiger partial charge in [0.15, 0.2) is 6.10 Å². The SMILES string of the molecule is C[C@@H]1C/C(=C\c2ccccc2)c2nc3ccccc3c(C(=O)O[C@H](C)C(=O)Nc3cccc(C(F)(F)F)c3)c2C1. The molecule has 1 amide bonds. The molecule has 0 saturated carbocycles. The van der Waals surface area contributed by atoms with Gasteiger partial charge < -0.3 is 10.1 Å². The number of nitrogens with zero attached hydrogens (tertiary/aromatic N) is 1. The maximum Gasteiger partial charge on any atom is 0.416 e. The summed E-state index contributed by atoms with van der Waals surface area (Å²) in [6.07, 6.45) is -2.33. The number of amides is 1. The zero-order chi connectivity index (χ0) is 28.4. The monoisotopic (exact) mass is 544 g/mol. The lowest BCUT2D eigenvalue weighted by Gasteiger charge is -2.27. The van der Waals surface area contributed by atoms with Crippen LogP contribution in [0, 0.1) is 5.92 Å². The van der Waals surface area contributed by atoms with Crippen LogP contribution in [0.4, 0.5) is 18.9 Å². The van der Waals surface area contributed by atoms with E-state index in [2.05, 4.69) is 18.3 Å². The van der Waals surface area contributed by atoms with Gasteiger partial charge in [0.2, 0.25) is 0 Å². The lowest BCUT2D eigenvalue weighted by atomic mass is 9.80. The second-order valence-electron chi connectivity index (χ2n) is 10.0. The number of carbonyl (C=O) groups excluding carboxylic acids is 2. The molecule has 2 atom stereocenters. The summed E-state index contributed by atoms with van der Waals surface area (Å²) in [5.41, 5.74) is 3.57. The summed E-state index contributed by atoms with van der Waals surface area (Å²) in [6.45, 7) is 3.50. The lowest BCUT2D eigenvalue weighted by Crippen LogP contribution is -2.31. The quantitative estimate of drug-likeness (QED) is 0.263. The van der Waals surface area contributed by atoms with Crippen LogP contribution in [0.1, 0.15) is 53.0 Å². The first-order valence-corrected chi connectivity index (χ1v) is 13.0. The van der Waals surface area contributed by atoms with Gasteiger partial charge in [-0.25, -0.2) is 9.78 Å². The number of rotatable bonds is 5. The van der Waals surface area contributed by atoms with E-state index < -0.39 is 29.7 Å². The minimum absolute atomic E-state index is 0.0426. The van der Waals surface area contributed by atoms with E-state index in [1.807, 2.05) is 48.5 Å². The van der Waals surface area contributed by atoms with Crippen LogP contribution in [0.3, 0.4) is 0 Å². The first kappa shape index (κ1) is 27.1. The predicted molar refractivity (Wildman–Crippen MR) is 148 cm³/mol. The van der Waals surface area contributed by atoms with Crippen LogP contribution in [-0.4, -0.2) is 23.0 Å². The van der Waals surface area contributed by atoms with Crippen molar-refractivity contribution in [3.63, 3.8) is 0 Å². The maximum absolute atomic E-state index is 13.7. The third-order valence-electron chi connectivity index (χ3n) is 6.87. The van der Waals surface area contributed by atoms with Crippen LogP contribution in [0.5, 0.6) is 0 Å². The molecule has 3 aromatic carbocycles. The van der Waals surface area contributed by atoms with Gasteiger partial charge in [-0.1, -0.05) is 61.5 Å². The number of ether oxygens (including phenoxy) is 1. The van der Waals surface area contributed by atoms with Crippen molar-refractivity contribution in [2.45, 2.75) is 39.0 Å². The molecule has 0 aliphatic heterocycles. The van der Waals surface area contributed by atoms with Crippen molar-refractivity contribution in [2.24, 2.45) is 5.92 Å². The zero-order valence-corrected chi connectivity index (χ0v) is 22.0. The molecular formula is C32H27F3N2O3. The number of allylic oxidation sites excluding steroid dienone is 1. The van der Waals surface area contributed by atoms with E-state index in [9.17, 15) is 22.8 Å². The van der Waals surface area contributed by atoms with Crippen molar-refractivity contribution in [2.75, 3.05) is 5.32 Å². The van der Waals surface area contributed by atoms with Crippen LogP contribution in [0.2, 0.25) is 0 Å². The minimum Gasteiger partial charge on any atom is -0.449 e. The summed E-state index contributed by atoms with van der Waals surface area (Å²) in [7, 11) is 0. The van der Waals surface area contributed by atoms with Crippen molar-refractivity contribution in [1.82, 2.24) is 4.98 Å². The lowest BCUT2D eigenvalue weighted by molar-refractivity contribution is -0.137. The highest BCUT2D eigenvalue weighted by atomic mass is 19.4. The average molecular weight is 545 g/mol. The second kappa shape index (κ2) is 11.0. The highest BCUT2D eigenvalue weighted by Gasteiger charge is 2.32. The maximum atomic E-state index is 13.7. The van der Waals surface area contributed by atoms with Gasteiger partial charge in [0, 0.05) is 11.1 Å². The van der Waals surface area contributed by atoms with Gasteiger partial charge in [0.25, 0.3) is 5.91 Å². The van der Waals surface area contributed by atoms with E-state index in [1.165, 1.54) is 19.1 Å². The molecule has 0 unspecified atom stereocenters.